The summed E-state index contributed by atoms with van der Waals surface area (Å²) in [7, 11) is 0. The number of aliphatic carboxylic acids is 1. The summed E-state index contributed by atoms with van der Waals surface area (Å²) in [6, 6.07) is 1.63. The van der Waals surface area contributed by atoms with Gasteiger partial charge in [-0.2, -0.15) is 5.10 Å². The first-order chi connectivity index (χ1) is 9.13. The fourth-order valence-corrected chi connectivity index (χ4v) is 1.61. The van der Waals surface area contributed by atoms with E-state index < -0.39 is 5.97 Å². The van der Waals surface area contributed by atoms with Crippen molar-refractivity contribution in [3.63, 3.8) is 0 Å². The number of nitrogens with one attached hydrogen (secondary N) is 1. The molecular weight excluding hydrogens is 248 g/mol. The molecule has 0 aliphatic rings. The molecule has 7 heteroatoms. The van der Waals surface area contributed by atoms with Crippen LogP contribution >= 0.6 is 0 Å². The van der Waals surface area contributed by atoms with Crippen molar-refractivity contribution in [3.05, 3.63) is 18.5 Å². The number of nitrogens with zero attached hydrogens (tertiary/aromatic N) is 3. The van der Waals surface area contributed by atoms with Crippen molar-refractivity contribution in [3.8, 4) is 0 Å². The first kappa shape index (κ1) is 15.0. The summed E-state index contributed by atoms with van der Waals surface area (Å²) in [5, 5.41) is 15.4. The number of carbonyl (C=O) groups is 2. The zero-order valence-corrected chi connectivity index (χ0v) is 11.1. The van der Waals surface area contributed by atoms with Crippen molar-refractivity contribution >= 4 is 12.0 Å². The SMILES string of the molecule is CCN(CCC(=O)O)C(=O)NCCCn1cccn1. The number of aryl methyl sites for hydroxylation is 1. The van der Waals surface area contributed by atoms with E-state index >= 15 is 0 Å². The van der Waals surface area contributed by atoms with Crippen LogP contribution in [-0.4, -0.2) is 51.4 Å². The fraction of sp³-hybridized carbons (Fsp3) is 0.583. The van der Waals surface area contributed by atoms with Gasteiger partial charge in [-0.1, -0.05) is 0 Å². The van der Waals surface area contributed by atoms with Crippen molar-refractivity contribution in [1.82, 2.24) is 20.0 Å². The number of carboxylic acid groups (broad SMARTS) is 1. The monoisotopic (exact) mass is 268 g/mol. The van der Waals surface area contributed by atoms with E-state index in [1.165, 1.54) is 4.90 Å². The molecule has 0 aliphatic heterocycles. The maximum absolute atomic E-state index is 11.7. The minimum absolute atomic E-state index is 0.0332. The summed E-state index contributed by atoms with van der Waals surface area (Å²) in [5.74, 6) is -0.898. The maximum Gasteiger partial charge on any atom is 0.317 e. The van der Waals surface area contributed by atoms with Gasteiger partial charge < -0.3 is 15.3 Å². The summed E-state index contributed by atoms with van der Waals surface area (Å²) in [6.45, 7) is 3.84. The molecule has 0 saturated carbocycles. The lowest BCUT2D eigenvalue weighted by atomic mass is 10.4. The standard InChI is InChI=1S/C12H20N4O3/c1-2-15(10-5-11(17)18)12(19)13-6-3-8-16-9-4-7-14-16/h4,7,9H,2-3,5-6,8,10H2,1H3,(H,13,19)(H,17,18). The van der Waals surface area contributed by atoms with E-state index in [1.807, 2.05) is 19.2 Å². The molecule has 106 valence electrons. The summed E-state index contributed by atoms with van der Waals surface area (Å²) in [6.07, 6.45) is 4.33. The van der Waals surface area contributed by atoms with Crippen LogP contribution in [0.2, 0.25) is 0 Å². The largest absolute Gasteiger partial charge is 0.481 e. The fourth-order valence-electron chi connectivity index (χ4n) is 1.61. The van der Waals surface area contributed by atoms with Gasteiger partial charge in [-0.15, -0.1) is 0 Å². The molecule has 0 saturated heterocycles. The van der Waals surface area contributed by atoms with Crippen LogP contribution in [0.5, 0.6) is 0 Å². The number of carbonyl (C=O) groups excluding carboxylic acids is 1. The third kappa shape index (κ3) is 5.89. The average molecular weight is 268 g/mol. The quantitative estimate of drug-likeness (QED) is 0.682. The molecular formula is C12H20N4O3. The molecule has 1 aromatic heterocycles. The van der Waals surface area contributed by atoms with E-state index in [0.29, 0.717) is 13.1 Å². The van der Waals surface area contributed by atoms with Crippen molar-refractivity contribution < 1.29 is 14.7 Å². The molecule has 7 nitrogen and oxygen atoms in total. The highest BCUT2D eigenvalue weighted by molar-refractivity contribution is 5.75. The third-order valence-corrected chi connectivity index (χ3v) is 2.66. The molecule has 0 atom stereocenters. The highest BCUT2D eigenvalue weighted by atomic mass is 16.4. The van der Waals surface area contributed by atoms with E-state index in [4.69, 9.17) is 5.11 Å². The lowest BCUT2D eigenvalue weighted by Crippen LogP contribution is -2.41. The highest BCUT2D eigenvalue weighted by Crippen LogP contribution is 1.94. The molecule has 19 heavy (non-hydrogen) atoms. The second kappa shape index (κ2) is 8.12. The molecule has 2 N–H and O–H groups in total. The normalized spacial score (nSPS) is 10.2. The maximum atomic E-state index is 11.7. The van der Waals surface area contributed by atoms with Crippen molar-refractivity contribution in [2.75, 3.05) is 19.6 Å². The zero-order valence-electron chi connectivity index (χ0n) is 11.1. The predicted octanol–water partition coefficient (Wildman–Crippen LogP) is 0.779. The molecule has 2 amide bonds. The zero-order chi connectivity index (χ0) is 14.1. The first-order valence-electron chi connectivity index (χ1n) is 6.35. The highest BCUT2D eigenvalue weighted by Gasteiger charge is 2.11. The van der Waals surface area contributed by atoms with E-state index in [9.17, 15) is 9.59 Å². The molecule has 0 radical (unpaired) electrons. The topological polar surface area (TPSA) is 87.5 Å². The van der Waals surface area contributed by atoms with Crippen LogP contribution < -0.4 is 5.32 Å². The molecule has 0 spiro atoms. The van der Waals surface area contributed by atoms with Crippen LogP contribution in [0.25, 0.3) is 0 Å². The lowest BCUT2D eigenvalue weighted by Gasteiger charge is -2.20. The van der Waals surface area contributed by atoms with E-state index in [2.05, 4.69) is 10.4 Å². The van der Waals surface area contributed by atoms with Crippen LogP contribution in [0.3, 0.4) is 0 Å². The number of aromatic nitrogens is 2. The van der Waals surface area contributed by atoms with Gasteiger partial charge in [0.25, 0.3) is 0 Å². The van der Waals surface area contributed by atoms with Crippen molar-refractivity contribution in [1.29, 1.82) is 0 Å². The minimum atomic E-state index is -0.898. The Morgan fingerprint density at radius 2 is 2.26 bits per heavy atom. The molecule has 1 aromatic rings. The van der Waals surface area contributed by atoms with Gasteiger partial charge in [0, 0.05) is 38.6 Å². The van der Waals surface area contributed by atoms with Gasteiger partial charge in [-0.25, -0.2) is 4.79 Å². The number of rotatable bonds is 8. The van der Waals surface area contributed by atoms with Gasteiger partial charge in [0.05, 0.1) is 6.42 Å². The van der Waals surface area contributed by atoms with Crippen LogP contribution in [0.1, 0.15) is 19.8 Å². The van der Waals surface area contributed by atoms with Gasteiger partial charge in [0.2, 0.25) is 0 Å². The van der Waals surface area contributed by atoms with Gasteiger partial charge in [-0.3, -0.25) is 9.48 Å². The third-order valence-electron chi connectivity index (χ3n) is 2.66. The number of carboxylic acids is 1. The van der Waals surface area contributed by atoms with Gasteiger partial charge in [-0.05, 0) is 19.4 Å². The number of hydrogen-bond donors (Lipinski definition) is 2. The molecule has 0 aromatic carbocycles. The van der Waals surface area contributed by atoms with E-state index in [0.717, 1.165) is 13.0 Å². The van der Waals surface area contributed by atoms with Crippen LogP contribution in [0, 0.1) is 0 Å². The van der Waals surface area contributed by atoms with Crippen LogP contribution in [-0.2, 0) is 11.3 Å². The molecule has 1 heterocycles. The van der Waals surface area contributed by atoms with Crippen molar-refractivity contribution in [2.24, 2.45) is 0 Å². The number of hydrogen-bond acceptors (Lipinski definition) is 3. The van der Waals surface area contributed by atoms with E-state index in [1.54, 1.807) is 10.9 Å². The molecule has 0 bridgehead atoms. The van der Waals surface area contributed by atoms with Crippen LogP contribution in [0.15, 0.2) is 18.5 Å². The second-order valence-electron chi connectivity index (χ2n) is 4.08. The van der Waals surface area contributed by atoms with Crippen LogP contribution in [0.4, 0.5) is 4.79 Å². The second-order valence-corrected chi connectivity index (χ2v) is 4.08. The molecule has 0 aliphatic carbocycles. The summed E-state index contributed by atoms with van der Waals surface area (Å²) in [4.78, 5) is 23.7. The molecule has 0 fully saturated rings. The molecule has 0 unspecified atom stereocenters. The van der Waals surface area contributed by atoms with Gasteiger partial charge in [0.1, 0.15) is 0 Å². The number of urea groups is 1. The Bertz CT molecular complexity index is 392. The van der Waals surface area contributed by atoms with Gasteiger partial charge >= 0.3 is 12.0 Å². The minimum Gasteiger partial charge on any atom is -0.481 e. The average Bonchev–Trinajstić information content (AvgIpc) is 2.88. The Balaban J connectivity index is 2.19. The number of amides is 2. The Labute approximate surface area is 112 Å². The van der Waals surface area contributed by atoms with Crippen molar-refractivity contribution in [2.45, 2.75) is 26.3 Å². The first-order valence-corrected chi connectivity index (χ1v) is 6.35. The Kier molecular flexibility index (Phi) is 6.42. The Morgan fingerprint density at radius 1 is 1.47 bits per heavy atom. The lowest BCUT2D eigenvalue weighted by molar-refractivity contribution is -0.137. The smallest absolute Gasteiger partial charge is 0.317 e. The summed E-state index contributed by atoms with van der Waals surface area (Å²) >= 11 is 0. The van der Waals surface area contributed by atoms with E-state index in [-0.39, 0.29) is 19.0 Å². The predicted molar refractivity (Wildman–Crippen MR) is 69.7 cm³/mol. The van der Waals surface area contributed by atoms with Gasteiger partial charge in [0.15, 0.2) is 0 Å². The summed E-state index contributed by atoms with van der Waals surface area (Å²) in [5.41, 5.74) is 0. The Hall–Kier alpha value is -2.05. The Morgan fingerprint density at radius 3 is 2.84 bits per heavy atom. The summed E-state index contributed by atoms with van der Waals surface area (Å²) < 4.78 is 1.80. The molecule has 1 rings (SSSR count).